The third-order valence-corrected chi connectivity index (χ3v) is 5.58. The number of hydrogen-bond donors (Lipinski definition) is 3. The largest absolute Gasteiger partial charge is 0.479 e. The van der Waals surface area contributed by atoms with Crippen LogP contribution in [0.5, 0.6) is 0 Å². The van der Waals surface area contributed by atoms with Crippen molar-refractivity contribution in [1.82, 2.24) is 9.80 Å². The highest BCUT2D eigenvalue weighted by Gasteiger charge is 2.57. The number of carboxylic acids is 1. The number of rotatable bonds is 2. The zero-order valence-electron chi connectivity index (χ0n) is 14.6. The Bertz CT molecular complexity index is 656. The number of ether oxygens (including phenoxy) is 1. The van der Waals surface area contributed by atoms with Crippen LogP contribution in [0.4, 0.5) is 4.79 Å². The molecular weight excluding hydrogens is 346 g/mol. The molecule has 3 heterocycles. The van der Waals surface area contributed by atoms with E-state index in [-0.39, 0.29) is 44.7 Å². The molecule has 2 fully saturated rings. The summed E-state index contributed by atoms with van der Waals surface area (Å²) in [6.07, 6.45) is -1.77. The summed E-state index contributed by atoms with van der Waals surface area (Å²) in [5, 5.41) is 29.2. The average Bonchev–Trinajstić information content (AvgIpc) is 2.78. The maximum atomic E-state index is 12.8. The van der Waals surface area contributed by atoms with E-state index in [9.17, 15) is 24.6 Å². The predicted molar refractivity (Wildman–Crippen MR) is 87.9 cm³/mol. The summed E-state index contributed by atoms with van der Waals surface area (Å²) in [5.41, 5.74) is -2.97. The summed E-state index contributed by atoms with van der Waals surface area (Å²) < 4.78 is 6.01. The Morgan fingerprint density at radius 2 is 1.92 bits per heavy atom. The maximum absolute atomic E-state index is 12.8. The number of nitrogens with zero attached hydrogens (tertiary/aromatic N) is 3. The number of carbonyl (C=O) groups is 3. The summed E-state index contributed by atoms with van der Waals surface area (Å²) in [5.74, 6) is -1.85. The molecule has 2 saturated heterocycles. The van der Waals surface area contributed by atoms with Crippen molar-refractivity contribution >= 4 is 23.8 Å². The summed E-state index contributed by atoms with van der Waals surface area (Å²) >= 11 is 0. The van der Waals surface area contributed by atoms with Crippen LogP contribution in [0, 0.1) is 0 Å². The number of piperidine rings is 1. The molecule has 0 bridgehead atoms. The zero-order valence-corrected chi connectivity index (χ0v) is 14.6. The lowest BCUT2D eigenvalue weighted by Gasteiger charge is -2.46. The van der Waals surface area contributed by atoms with Gasteiger partial charge in [0.05, 0.1) is 0 Å². The molecule has 2 unspecified atom stereocenters. The molecule has 144 valence electrons. The molecule has 2 atom stereocenters. The van der Waals surface area contributed by atoms with Crippen molar-refractivity contribution in [1.29, 1.82) is 0 Å². The third-order valence-electron chi connectivity index (χ3n) is 5.58. The minimum absolute atomic E-state index is 0.0517. The second-order valence-corrected chi connectivity index (χ2v) is 6.88. The number of hydrogen-bond acceptors (Lipinski definition) is 6. The van der Waals surface area contributed by atoms with Crippen molar-refractivity contribution in [3.8, 4) is 0 Å². The molecule has 2 amide bonds. The van der Waals surface area contributed by atoms with Crippen LogP contribution in [0.25, 0.3) is 0 Å². The van der Waals surface area contributed by atoms with Gasteiger partial charge in [-0.2, -0.15) is 0 Å². The van der Waals surface area contributed by atoms with E-state index in [0.29, 0.717) is 13.0 Å². The first-order valence-electron chi connectivity index (χ1n) is 8.72. The summed E-state index contributed by atoms with van der Waals surface area (Å²) in [7, 11) is 0. The highest BCUT2D eigenvalue weighted by molar-refractivity contribution is 6.10. The fourth-order valence-corrected chi connectivity index (χ4v) is 3.90. The van der Waals surface area contributed by atoms with Crippen molar-refractivity contribution in [2.45, 2.75) is 49.9 Å². The molecule has 10 heteroatoms. The fourth-order valence-electron chi connectivity index (χ4n) is 3.90. The van der Waals surface area contributed by atoms with E-state index in [1.165, 1.54) is 9.80 Å². The fraction of sp³-hybridized carbons (Fsp3) is 0.750. The van der Waals surface area contributed by atoms with Gasteiger partial charge in [-0.1, -0.05) is 6.92 Å². The standard InChI is InChI=1S/C16H23N3O7/c1-2-16(13(22)23)10(20)11(21)19-6-3-9-26-15(12(19)17-16)4-7-18(8-5-15)14(24)25/h10,20H,2-9H2,1H3,(H,22,23)(H,24,25). The highest BCUT2D eigenvalue weighted by atomic mass is 16.5. The topological polar surface area (TPSA) is 140 Å². The number of likely N-dealkylation sites (tertiary alicyclic amines) is 1. The number of amidine groups is 1. The normalized spacial score (nSPS) is 31.2. The van der Waals surface area contributed by atoms with Crippen molar-refractivity contribution in [2.75, 3.05) is 26.2 Å². The Kier molecular flexibility index (Phi) is 4.65. The molecule has 26 heavy (non-hydrogen) atoms. The predicted octanol–water partition coefficient (Wildman–Crippen LogP) is -0.246. The van der Waals surface area contributed by atoms with E-state index in [0.717, 1.165) is 0 Å². The summed E-state index contributed by atoms with van der Waals surface area (Å²) in [6, 6.07) is 0. The number of aliphatic imine (C=N–C) groups is 1. The molecule has 0 aromatic carbocycles. The smallest absolute Gasteiger partial charge is 0.407 e. The minimum Gasteiger partial charge on any atom is -0.479 e. The molecule has 10 nitrogen and oxygen atoms in total. The van der Waals surface area contributed by atoms with E-state index >= 15 is 0 Å². The van der Waals surface area contributed by atoms with Crippen LogP contribution < -0.4 is 0 Å². The third kappa shape index (κ3) is 2.64. The van der Waals surface area contributed by atoms with Crippen molar-refractivity contribution in [2.24, 2.45) is 4.99 Å². The molecule has 0 aromatic rings. The number of aliphatic carboxylic acids is 1. The number of carbonyl (C=O) groups excluding carboxylic acids is 1. The Balaban J connectivity index is 2.07. The van der Waals surface area contributed by atoms with Crippen LogP contribution in [-0.4, -0.2) is 92.4 Å². The van der Waals surface area contributed by atoms with E-state index in [4.69, 9.17) is 9.84 Å². The van der Waals surface area contributed by atoms with Gasteiger partial charge in [0.15, 0.2) is 11.6 Å². The first-order valence-corrected chi connectivity index (χ1v) is 8.72. The van der Waals surface area contributed by atoms with Crippen molar-refractivity contribution < 1.29 is 34.4 Å². The van der Waals surface area contributed by atoms with Gasteiger partial charge < -0.3 is 25.0 Å². The van der Waals surface area contributed by atoms with Crippen molar-refractivity contribution in [3.63, 3.8) is 0 Å². The van der Waals surface area contributed by atoms with Gasteiger partial charge in [-0.3, -0.25) is 9.69 Å². The van der Waals surface area contributed by atoms with E-state index in [2.05, 4.69) is 4.99 Å². The van der Waals surface area contributed by atoms with Crippen LogP contribution in [0.3, 0.4) is 0 Å². The SMILES string of the molecule is CCC1(C(=O)O)N=C2N(CCCOC23CCN(C(=O)O)CC3)C(=O)C1O. The molecular formula is C16H23N3O7. The molecule has 0 aromatic heterocycles. The molecule has 3 aliphatic rings. The van der Waals surface area contributed by atoms with Crippen LogP contribution in [-0.2, 0) is 14.3 Å². The molecule has 3 N–H and O–H groups in total. The van der Waals surface area contributed by atoms with Crippen LogP contribution in [0.1, 0.15) is 32.6 Å². The zero-order chi connectivity index (χ0) is 19.1. The van der Waals surface area contributed by atoms with Gasteiger partial charge >= 0.3 is 12.1 Å². The molecule has 0 aliphatic carbocycles. The maximum Gasteiger partial charge on any atom is 0.407 e. The first kappa shape index (κ1) is 18.6. The molecule has 0 radical (unpaired) electrons. The van der Waals surface area contributed by atoms with E-state index in [1.807, 2.05) is 0 Å². The second-order valence-electron chi connectivity index (χ2n) is 6.88. The summed E-state index contributed by atoms with van der Waals surface area (Å²) in [4.78, 5) is 42.8. The number of amides is 2. The van der Waals surface area contributed by atoms with Gasteiger partial charge in [0.2, 0.25) is 0 Å². The number of fused-ring (bicyclic) bond motifs is 2. The highest BCUT2D eigenvalue weighted by Crippen LogP contribution is 2.38. The Labute approximate surface area is 150 Å². The quantitative estimate of drug-likeness (QED) is 0.610. The van der Waals surface area contributed by atoms with Crippen molar-refractivity contribution in [3.05, 3.63) is 0 Å². The molecule has 1 spiro atoms. The number of aliphatic hydroxyl groups excluding tert-OH is 1. The first-order chi connectivity index (χ1) is 12.3. The number of aliphatic hydroxyl groups is 1. The van der Waals surface area contributed by atoms with Gasteiger partial charge in [0.1, 0.15) is 11.4 Å². The van der Waals surface area contributed by atoms with E-state index < -0.39 is 35.2 Å². The molecule has 0 saturated carbocycles. The van der Waals surface area contributed by atoms with Gasteiger partial charge in [-0.05, 0) is 12.8 Å². The lowest BCUT2D eigenvalue weighted by atomic mass is 9.82. The van der Waals surface area contributed by atoms with Crippen LogP contribution in [0.2, 0.25) is 0 Å². The molecule has 3 aliphatic heterocycles. The monoisotopic (exact) mass is 369 g/mol. The molecule has 3 rings (SSSR count). The Morgan fingerprint density at radius 3 is 2.46 bits per heavy atom. The van der Waals surface area contributed by atoms with Gasteiger partial charge in [-0.15, -0.1) is 0 Å². The van der Waals surface area contributed by atoms with Gasteiger partial charge in [0.25, 0.3) is 5.91 Å². The second kappa shape index (κ2) is 6.51. The van der Waals surface area contributed by atoms with E-state index in [1.54, 1.807) is 6.92 Å². The van der Waals surface area contributed by atoms with Crippen LogP contribution >= 0.6 is 0 Å². The minimum atomic E-state index is -1.95. The lowest BCUT2D eigenvalue weighted by molar-refractivity contribution is -0.158. The average molecular weight is 369 g/mol. The lowest BCUT2D eigenvalue weighted by Crippen LogP contribution is -2.66. The van der Waals surface area contributed by atoms with Crippen LogP contribution in [0.15, 0.2) is 4.99 Å². The Hall–Kier alpha value is -2.20. The number of carboxylic acid groups (broad SMARTS) is 2. The Morgan fingerprint density at radius 1 is 1.27 bits per heavy atom. The van der Waals surface area contributed by atoms with Gasteiger partial charge in [-0.25, -0.2) is 14.6 Å². The van der Waals surface area contributed by atoms with Gasteiger partial charge in [0, 0.05) is 39.1 Å². The summed E-state index contributed by atoms with van der Waals surface area (Å²) in [6.45, 7) is 2.58.